The van der Waals surface area contributed by atoms with Gasteiger partial charge in [-0.15, -0.1) is 0 Å². The molecule has 2 aromatic heterocycles. The number of nitrogens with zero attached hydrogens (tertiary/aromatic N) is 3. The second-order valence-electron chi connectivity index (χ2n) is 5.88. The van der Waals surface area contributed by atoms with Gasteiger partial charge in [-0.1, -0.05) is 11.6 Å². The van der Waals surface area contributed by atoms with Crippen LogP contribution in [0.15, 0.2) is 67.1 Å². The van der Waals surface area contributed by atoms with Crippen molar-refractivity contribution >= 4 is 17.5 Å². The van der Waals surface area contributed by atoms with Crippen molar-refractivity contribution in [2.75, 3.05) is 13.1 Å². The summed E-state index contributed by atoms with van der Waals surface area (Å²) in [5.41, 5.74) is 1.70. The molecule has 1 aromatic carbocycles. The van der Waals surface area contributed by atoms with Gasteiger partial charge in [0.25, 0.3) is 5.91 Å². The monoisotopic (exact) mass is 353 g/mol. The summed E-state index contributed by atoms with van der Waals surface area (Å²) in [6, 6.07) is 15.0. The molecule has 3 aromatic rings. The van der Waals surface area contributed by atoms with Crippen LogP contribution in [0.4, 0.5) is 0 Å². The Bertz CT molecular complexity index is 872. The largest absolute Gasteiger partial charge is 0.470 e. The standard InChI is InChI=1S/C19H16ClN3O2/c20-17-4-3-9-21-18(17)25-16-12-23(13-16)19(24)14-5-7-15(8-6-14)22-10-1-2-11-22/h1-11,16H,12-13H2. The quantitative estimate of drug-likeness (QED) is 0.722. The zero-order chi connectivity index (χ0) is 17.2. The molecule has 1 amide bonds. The van der Waals surface area contributed by atoms with E-state index in [-0.39, 0.29) is 12.0 Å². The summed E-state index contributed by atoms with van der Waals surface area (Å²) >= 11 is 6.03. The fourth-order valence-corrected chi connectivity index (χ4v) is 2.93. The summed E-state index contributed by atoms with van der Waals surface area (Å²) in [6.45, 7) is 1.07. The van der Waals surface area contributed by atoms with Crippen molar-refractivity contribution in [3.05, 3.63) is 77.7 Å². The first-order valence-corrected chi connectivity index (χ1v) is 8.38. The van der Waals surface area contributed by atoms with Crippen molar-refractivity contribution < 1.29 is 9.53 Å². The van der Waals surface area contributed by atoms with Crippen molar-refractivity contribution in [1.29, 1.82) is 0 Å². The summed E-state index contributed by atoms with van der Waals surface area (Å²) in [7, 11) is 0. The topological polar surface area (TPSA) is 47.4 Å². The van der Waals surface area contributed by atoms with Gasteiger partial charge in [0, 0.05) is 29.8 Å². The van der Waals surface area contributed by atoms with Gasteiger partial charge in [0.05, 0.1) is 13.1 Å². The molecule has 0 unspecified atom stereocenters. The summed E-state index contributed by atoms with van der Waals surface area (Å²) in [5.74, 6) is 0.420. The Kier molecular flexibility index (Phi) is 4.15. The number of rotatable bonds is 4. The lowest BCUT2D eigenvalue weighted by atomic mass is 10.1. The summed E-state index contributed by atoms with van der Waals surface area (Å²) in [6.07, 6.45) is 5.50. The van der Waals surface area contributed by atoms with Gasteiger partial charge in [0.2, 0.25) is 5.88 Å². The van der Waals surface area contributed by atoms with Crippen LogP contribution in [-0.2, 0) is 0 Å². The maximum atomic E-state index is 12.5. The number of aromatic nitrogens is 2. The van der Waals surface area contributed by atoms with Crippen molar-refractivity contribution in [2.24, 2.45) is 0 Å². The van der Waals surface area contributed by atoms with Crippen molar-refractivity contribution in [3.63, 3.8) is 0 Å². The minimum absolute atomic E-state index is 0.00558. The Hall–Kier alpha value is -2.79. The number of halogens is 1. The number of carbonyl (C=O) groups is 1. The van der Waals surface area contributed by atoms with E-state index in [9.17, 15) is 4.79 Å². The highest BCUT2D eigenvalue weighted by molar-refractivity contribution is 6.31. The highest BCUT2D eigenvalue weighted by Gasteiger charge is 2.33. The molecule has 1 fully saturated rings. The number of carbonyl (C=O) groups excluding carboxylic acids is 1. The smallest absolute Gasteiger partial charge is 0.254 e. The molecular weight excluding hydrogens is 338 g/mol. The lowest BCUT2D eigenvalue weighted by Crippen LogP contribution is -2.56. The minimum atomic E-state index is -0.0736. The highest BCUT2D eigenvalue weighted by atomic mass is 35.5. The third-order valence-corrected chi connectivity index (χ3v) is 4.44. The van der Waals surface area contributed by atoms with Gasteiger partial charge in [-0.3, -0.25) is 4.79 Å². The summed E-state index contributed by atoms with van der Waals surface area (Å²) in [5, 5.41) is 0.480. The van der Waals surface area contributed by atoms with Crippen molar-refractivity contribution in [2.45, 2.75) is 6.10 Å². The molecule has 0 radical (unpaired) electrons. The lowest BCUT2D eigenvalue weighted by molar-refractivity contribution is 0.0160. The second kappa shape index (κ2) is 6.61. The van der Waals surface area contributed by atoms with Crippen molar-refractivity contribution in [3.8, 4) is 11.6 Å². The van der Waals surface area contributed by atoms with E-state index < -0.39 is 0 Å². The number of pyridine rings is 1. The first-order chi connectivity index (χ1) is 12.2. The van der Waals surface area contributed by atoms with E-state index in [1.54, 1.807) is 23.2 Å². The van der Waals surface area contributed by atoms with Gasteiger partial charge >= 0.3 is 0 Å². The predicted molar refractivity (Wildman–Crippen MR) is 95.3 cm³/mol. The fraction of sp³-hybridized carbons (Fsp3) is 0.158. The van der Waals surface area contributed by atoms with Gasteiger partial charge in [-0.05, 0) is 48.5 Å². The average Bonchev–Trinajstić information content (AvgIpc) is 3.13. The van der Waals surface area contributed by atoms with Crippen LogP contribution in [0.25, 0.3) is 5.69 Å². The third kappa shape index (κ3) is 3.23. The highest BCUT2D eigenvalue weighted by Crippen LogP contribution is 2.24. The maximum Gasteiger partial charge on any atom is 0.254 e. The van der Waals surface area contributed by atoms with E-state index in [4.69, 9.17) is 16.3 Å². The first-order valence-electron chi connectivity index (χ1n) is 8.00. The molecule has 0 N–H and O–H groups in total. The fourth-order valence-electron chi connectivity index (χ4n) is 2.76. The normalized spacial score (nSPS) is 14.2. The second-order valence-corrected chi connectivity index (χ2v) is 6.28. The van der Waals surface area contributed by atoms with E-state index in [1.165, 1.54) is 0 Å². The van der Waals surface area contributed by atoms with Crippen LogP contribution >= 0.6 is 11.6 Å². The van der Waals surface area contributed by atoms with E-state index in [0.717, 1.165) is 5.69 Å². The molecule has 0 saturated carbocycles. The number of ether oxygens (including phenoxy) is 1. The number of benzene rings is 1. The number of hydrogen-bond donors (Lipinski definition) is 0. The van der Waals surface area contributed by atoms with Crippen LogP contribution in [-0.4, -0.2) is 39.6 Å². The molecule has 3 heterocycles. The number of likely N-dealkylation sites (tertiary alicyclic amines) is 1. The zero-order valence-electron chi connectivity index (χ0n) is 13.4. The Balaban J connectivity index is 1.36. The van der Waals surface area contributed by atoms with Crippen molar-refractivity contribution in [1.82, 2.24) is 14.5 Å². The third-order valence-electron chi connectivity index (χ3n) is 4.16. The molecular formula is C19H16ClN3O2. The molecule has 1 aliphatic rings. The first kappa shape index (κ1) is 15.7. The molecule has 126 valence electrons. The number of amides is 1. The molecule has 6 heteroatoms. The van der Waals surface area contributed by atoms with E-state index in [1.807, 2.05) is 53.4 Å². The molecule has 4 rings (SSSR count). The van der Waals surface area contributed by atoms with Crippen LogP contribution in [0.1, 0.15) is 10.4 Å². The molecule has 0 atom stereocenters. The van der Waals surface area contributed by atoms with Crippen LogP contribution < -0.4 is 4.74 Å². The van der Waals surface area contributed by atoms with E-state index in [0.29, 0.717) is 29.6 Å². The van der Waals surface area contributed by atoms with Gasteiger partial charge in [0.1, 0.15) is 11.1 Å². The molecule has 1 saturated heterocycles. The Morgan fingerprint density at radius 3 is 2.48 bits per heavy atom. The van der Waals surface area contributed by atoms with Gasteiger partial charge in [-0.25, -0.2) is 4.98 Å². The molecule has 0 bridgehead atoms. The van der Waals surface area contributed by atoms with Crippen LogP contribution in [0.5, 0.6) is 5.88 Å². The SMILES string of the molecule is O=C(c1ccc(-n2cccc2)cc1)N1CC(Oc2ncccc2Cl)C1. The minimum Gasteiger partial charge on any atom is -0.470 e. The molecule has 25 heavy (non-hydrogen) atoms. The van der Waals surface area contributed by atoms with Gasteiger partial charge in [0.15, 0.2) is 0 Å². The predicted octanol–water partition coefficient (Wildman–Crippen LogP) is 3.43. The zero-order valence-corrected chi connectivity index (χ0v) is 14.1. The Morgan fingerprint density at radius 2 is 1.80 bits per heavy atom. The van der Waals surface area contributed by atoms with Crippen LogP contribution in [0.2, 0.25) is 5.02 Å². The number of hydrogen-bond acceptors (Lipinski definition) is 3. The Morgan fingerprint density at radius 1 is 1.08 bits per heavy atom. The summed E-state index contributed by atoms with van der Waals surface area (Å²) < 4.78 is 7.72. The average molecular weight is 354 g/mol. The van der Waals surface area contributed by atoms with E-state index >= 15 is 0 Å². The van der Waals surface area contributed by atoms with Crippen LogP contribution in [0, 0.1) is 0 Å². The molecule has 1 aliphatic heterocycles. The molecule has 0 spiro atoms. The molecule has 0 aliphatic carbocycles. The van der Waals surface area contributed by atoms with Gasteiger partial charge in [-0.2, -0.15) is 0 Å². The maximum absolute atomic E-state index is 12.5. The van der Waals surface area contributed by atoms with Gasteiger partial charge < -0.3 is 14.2 Å². The Labute approximate surface area is 150 Å². The summed E-state index contributed by atoms with van der Waals surface area (Å²) in [4.78, 5) is 18.4. The van der Waals surface area contributed by atoms with Crippen LogP contribution in [0.3, 0.4) is 0 Å². The lowest BCUT2D eigenvalue weighted by Gasteiger charge is -2.38. The van der Waals surface area contributed by atoms with E-state index in [2.05, 4.69) is 4.98 Å². The molecule has 5 nitrogen and oxygen atoms in total.